The van der Waals surface area contributed by atoms with Gasteiger partial charge < -0.3 is 9.84 Å². The van der Waals surface area contributed by atoms with E-state index in [-0.39, 0.29) is 5.91 Å². The van der Waals surface area contributed by atoms with E-state index in [1.54, 1.807) is 0 Å². The molecule has 0 spiro atoms. The van der Waals surface area contributed by atoms with Gasteiger partial charge in [0, 0.05) is 22.8 Å². The molecule has 1 atom stereocenters. The number of allylic oxidation sites excluding steroid dienone is 1. The number of hydrogen-bond acceptors (Lipinski definition) is 5. The lowest BCUT2D eigenvalue weighted by atomic mass is 9.94. The van der Waals surface area contributed by atoms with E-state index < -0.39 is 6.17 Å². The van der Waals surface area contributed by atoms with Gasteiger partial charge in [-0.3, -0.25) is 4.79 Å². The SMILES string of the molecule is O=C(Nc1sc2c(c1-c1nc(C3CC3)no1)CC[C@H](F)C2)C1=CCCCC1. The molecule has 5 rings (SSSR count). The van der Waals surface area contributed by atoms with E-state index in [1.165, 1.54) is 11.3 Å². The minimum Gasteiger partial charge on any atom is -0.334 e. The summed E-state index contributed by atoms with van der Waals surface area (Å²) >= 11 is 1.46. The summed E-state index contributed by atoms with van der Waals surface area (Å²) in [6.45, 7) is 0. The molecule has 0 aliphatic heterocycles. The largest absolute Gasteiger partial charge is 0.334 e. The first-order valence-corrected chi connectivity index (χ1v) is 10.6. The molecule has 27 heavy (non-hydrogen) atoms. The second-order valence-corrected chi connectivity index (χ2v) is 8.81. The molecule has 1 saturated carbocycles. The van der Waals surface area contributed by atoms with E-state index >= 15 is 0 Å². The van der Waals surface area contributed by atoms with Crippen molar-refractivity contribution in [3.05, 3.63) is 27.9 Å². The highest BCUT2D eigenvalue weighted by Gasteiger charge is 2.33. The molecule has 0 aromatic carbocycles. The summed E-state index contributed by atoms with van der Waals surface area (Å²) in [5.74, 6) is 1.54. The minimum atomic E-state index is -0.821. The summed E-state index contributed by atoms with van der Waals surface area (Å²) in [7, 11) is 0. The van der Waals surface area contributed by atoms with Gasteiger partial charge in [-0.1, -0.05) is 11.2 Å². The fourth-order valence-corrected chi connectivity index (χ4v) is 5.23. The zero-order valence-corrected chi connectivity index (χ0v) is 15.9. The van der Waals surface area contributed by atoms with Crippen molar-refractivity contribution in [3.8, 4) is 11.5 Å². The molecule has 1 N–H and O–H groups in total. The predicted molar refractivity (Wildman–Crippen MR) is 102 cm³/mol. The van der Waals surface area contributed by atoms with E-state index in [2.05, 4.69) is 15.5 Å². The normalized spacial score (nSPS) is 22.3. The van der Waals surface area contributed by atoms with Crippen LogP contribution >= 0.6 is 11.3 Å². The van der Waals surface area contributed by atoms with Crippen LogP contribution in [0.4, 0.5) is 9.39 Å². The second-order valence-electron chi connectivity index (χ2n) is 7.71. The van der Waals surface area contributed by atoms with Crippen molar-refractivity contribution in [2.24, 2.45) is 0 Å². The number of halogens is 1. The number of aromatic nitrogens is 2. The van der Waals surface area contributed by atoms with Gasteiger partial charge in [0.05, 0.1) is 5.56 Å². The van der Waals surface area contributed by atoms with Crippen molar-refractivity contribution in [2.75, 3.05) is 5.32 Å². The zero-order chi connectivity index (χ0) is 18.4. The first-order valence-electron chi connectivity index (χ1n) is 9.82. The zero-order valence-electron chi connectivity index (χ0n) is 15.1. The number of hydrogen-bond donors (Lipinski definition) is 1. The monoisotopic (exact) mass is 387 g/mol. The molecule has 0 radical (unpaired) electrons. The van der Waals surface area contributed by atoms with Gasteiger partial charge in [0.15, 0.2) is 5.82 Å². The number of carbonyl (C=O) groups excluding carboxylic acids is 1. The molecule has 0 saturated heterocycles. The number of alkyl halides is 1. The van der Waals surface area contributed by atoms with E-state index in [9.17, 15) is 9.18 Å². The molecule has 5 nitrogen and oxygen atoms in total. The molecule has 0 unspecified atom stereocenters. The van der Waals surface area contributed by atoms with Crippen LogP contribution in [-0.2, 0) is 17.6 Å². The van der Waals surface area contributed by atoms with Crippen molar-refractivity contribution in [3.63, 3.8) is 0 Å². The molecule has 0 bridgehead atoms. The van der Waals surface area contributed by atoms with Crippen LogP contribution in [-0.4, -0.2) is 22.2 Å². The summed E-state index contributed by atoms with van der Waals surface area (Å²) < 4.78 is 19.5. The number of fused-ring (bicyclic) bond motifs is 1. The van der Waals surface area contributed by atoms with Crippen molar-refractivity contribution in [2.45, 2.75) is 69.9 Å². The average molecular weight is 387 g/mol. The first kappa shape index (κ1) is 17.1. The number of thiophene rings is 1. The maximum absolute atomic E-state index is 13.9. The molecule has 1 fully saturated rings. The van der Waals surface area contributed by atoms with Gasteiger partial charge in [0.25, 0.3) is 11.8 Å². The van der Waals surface area contributed by atoms with E-state index in [4.69, 9.17) is 4.52 Å². The van der Waals surface area contributed by atoms with Gasteiger partial charge in [-0.15, -0.1) is 11.3 Å². The van der Waals surface area contributed by atoms with Crippen LogP contribution in [0.2, 0.25) is 0 Å². The van der Waals surface area contributed by atoms with Crippen molar-refractivity contribution in [1.82, 2.24) is 10.1 Å². The van der Waals surface area contributed by atoms with Gasteiger partial charge in [0.2, 0.25) is 0 Å². The van der Waals surface area contributed by atoms with Gasteiger partial charge >= 0.3 is 0 Å². The lowest BCUT2D eigenvalue weighted by molar-refractivity contribution is -0.113. The highest BCUT2D eigenvalue weighted by molar-refractivity contribution is 7.17. The number of anilines is 1. The van der Waals surface area contributed by atoms with Crippen molar-refractivity contribution < 1.29 is 13.7 Å². The van der Waals surface area contributed by atoms with Crippen LogP contribution in [0.3, 0.4) is 0 Å². The molecule has 3 aliphatic carbocycles. The minimum absolute atomic E-state index is 0.0618. The summed E-state index contributed by atoms with van der Waals surface area (Å²) in [4.78, 5) is 18.3. The van der Waals surface area contributed by atoms with E-state index in [0.29, 0.717) is 31.1 Å². The average Bonchev–Trinajstić information content (AvgIpc) is 3.31. The number of amides is 1. The molecule has 1 amide bonds. The summed E-state index contributed by atoms with van der Waals surface area (Å²) in [5, 5.41) is 7.91. The van der Waals surface area contributed by atoms with Crippen LogP contribution in [0.15, 0.2) is 16.2 Å². The Balaban J connectivity index is 1.51. The summed E-state index contributed by atoms with van der Waals surface area (Å²) in [5.41, 5.74) is 2.71. The number of rotatable bonds is 4. The van der Waals surface area contributed by atoms with Crippen LogP contribution in [0.1, 0.15) is 67.1 Å². The van der Waals surface area contributed by atoms with Crippen LogP contribution in [0, 0.1) is 0 Å². The van der Waals surface area contributed by atoms with Crippen molar-refractivity contribution >= 4 is 22.2 Å². The van der Waals surface area contributed by atoms with E-state index in [1.807, 2.05) is 6.08 Å². The Morgan fingerprint density at radius 2 is 2.15 bits per heavy atom. The third-order valence-electron chi connectivity index (χ3n) is 5.61. The Labute approximate surface area is 161 Å². The summed E-state index contributed by atoms with van der Waals surface area (Å²) in [6, 6.07) is 0. The molecule has 2 aromatic rings. The summed E-state index contributed by atoms with van der Waals surface area (Å²) in [6.07, 6.45) is 8.89. The molecule has 3 aliphatic rings. The van der Waals surface area contributed by atoms with Crippen LogP contribution < -0.4 is 5.32 Å². The third kappa shape index (κ3) is 3.33. The van der Waals surface area contributed by atoms with Gasteiger partial charge in [-0.25, -0.2) is 4.39 Å². The molecule has 142 valence electrons. The highest BCUT2D eigenvalue weighted by atomic mass is 32.1. The fraction of sp³-hybridized carbons (Fsp3) is 0.550. The number of nitrogens with one attached hydrogen (secondary N) is 1. The number of carbonyl (C=O) groups is 1. The highest BCUT2D eigenvalue weighted by Crippen LogP contribution is 2.46. The Kier molecular flexibility index (Phi) is 4.34. The topological polar surface area (TPSA) is 68.0 Å². The fourth-order valence-electron chi connectivity index (χ4n) is 3.93. The molecular weight excluding hydrogens is 365 g/mol. The molecular formula is C20H22FN3O2S. The van der Waals surface area contributed by atoms with Crippen LogP contribution in [0.25, 0.3) is 11.5 Å². The Morgan fingerprint density at radius 3 is 2.93 bits per heavy atom. The molecule has 2 aromatic heterocycles. The van der Waals surface area contributed by atoms with Gasteiger partial charge in [0.1, 0.15) is 11.2 Å². The predicted octanol–water partition coefficient (Wildman–Crippen LogP) is 4.94. The molecule has 7 heteroatoms. The maximum atomic E-state index is 13.9. The molecule has 2 heterocycles. The quantitative estimate of drug-likeness (QED) is 0.807. The van der Waals surface area contributed by atoms with Gasteiger partial charge in [-0.2, -0.15) is 4.98 Å². The number of nitrogens with zero attached hydrogens (tertiary/aromatic N) is 2. The maximum Gasteiger partial charge on any atom is 0.261 e. The van der Waals surface area contributed by atoms with E-state index in [0.717, 1.165) is 70.9 Å². The lowest BCUT2D eigenvalue weighted by Crippen LogP contribution is -2.16. The smallest absolute Gasteiger partial charge is 0.261 e. The van der Waals surface area contributed by atoms with Gasteiger partial charge in [-0.05, 0) is 56.9 Å². The standard InChI is InChI=1S/C20H22FN3O2S/c21-13-8-9-14-15(10-13)27-20(23-18(25)12-4-2-1-3-5-12)16(14)19-22-17(24-26-19)11-6-7-11/h4,11,13H,1-3,5-10H2,(H,23,25)/t13-/m0/s1. The van der Waals surface area contributed by atoms with Crippen LogP contribution in [0.5, 0.6) is 0 Å². The Bertz CT molecular complexity index is 912. The third-order valence-corrected chi connectivity index (χ3v) is 6.78. The first-order chi connectivity index (χ1) is 13.2. The van der Waals surface area contributed by atoms with Crippen molar-refractivity contribution in [1.29, 1.82) is 0 Å². The Hall–Kier alpha value is -2.02. The lowest BCUT2D eigenvalue weighted by Gasteiger charge is -2.15. The Morgan fingerprint density at radius 1 is 1.26 bits per heavy atom. The second kappa shape index (κ2) is 6.86.